The van der Waals surface area contributed by atoms with Crippen LogP contribution in [0.1, 0.15) is 85.9 Å². The van der Waals surface area contributed by atoms with E-state index < -0.39 is 145 Å². The van der Waals surface area contributed by atoms with E-state index in [0.29, 0.717) is 52.4 Å². The van der Waals surface area contributed by atoms with Crippen molar-refractivity contribution in [2.24, 2.45) is 5.41 Å². The second-order valence-electron chi connectivity index (χ2n) is 22.9. The summed E-state index contributed by atoms with van der Waals surface area (Å²) < 4.78 is 34.2. The van der Waals surface area contributed by atoms with Gasteiger partial charge in [-0.05, 0) is 56.7 Å². The molecule has 9 rings (SSSR count). The molecule has 6 heterocycles. The van der Waals surface area contributed by atoms with Gasteiger partial charge in [0.2, 0.25) is 48.1 Å². The van der Waals surface area contributed by atoms with E-state index in [0.717, 1.165) is 23.6 Å². The van der Waals surface area contributed by atoms with Crippen LogP contribution in [0.4, 0.5) is 4.79 Å². The first-order chi connectivity index (χ1) is 43.0. The topological polar surface area (TPSA) is 441 Å². The molecule has 9 atom stereocenters. The summed E-state index contributed by atoms with van der Waals surface area (Å²) >= 11 is 0. The largest absolute Gasteiger partial charge is 0.458 e. The molecular weight excluding hydrogens is 1180 g/mol. The number of carbonyl (C=O) groups excluding carboxylic acids is 9. The summed E-state index contributed by atoms with van der Waals surface area (Å²) in [5.41, 5.74) is 0.905. The minimum Gasteiger partial charge on any atom is -0.458 e. The molecule has 4 aliphatic heterocycles. The van der Waals surface area contributed by atoms with Gasteiger partial charge < -0.3 is 101 Å². The molecule has 8 amide bonds. The zero-order valence-electron chi connectivity index (χ0n) is 49.6. The fourth-order valence-electron chi connectivity index (χ4n) is 11.4. The number of cyclic esters (lactones) is 1. The fraction of sp³-hybridized carbons (Fsp3) is 0.508. The Hall–Kier alpha value is -8.85. The number of benzene rings is 2. The van der Waals surface area contributed by atoms with E-state index in [1.165, 1.54) is 4.57 Å². The Balaban J connectivity index is 0.746. The normalized spacial score (nSPS) is 21.6. The zero-order chi connectivity index (χ0) is 64.8. The lowest BCUT2D eigenvalue weighted by atomic mass is 9.82. The van der Waals surface area contributed by atoms with Crippen molar-refractivity contribution in [1.29, 1.82) is 0 Å². The number of aryl methyl sites for hydroxylation is 1. The van der Waals surface area contributed by atoms with Crippen molar-refractivity contribution in [1.82, 2.24) is 52.1 Å². The van der Waals surface area contributed by atoms with Crippen LogP contribution in [0, 0.1) is 5.41 Å². The van der Waals surface area contributed by atoms with Crippen molar-refractivity contribution in [2.75, 3.05) is 60.0 Å². The Bertz CT molecular complexity index is 3530. The number of carbonyl (C=O) groups is 9. The number of pyridine rings is 2. The van der Waals surface area contributed by atoms with Crippen molar-refractivity contribution in [3.8, 4) is 22.9 Å². The lowest BCUT2D eigenvalue weighted by Crippen LogP contribution is -2.60. The molecule has 4 aromatic rings. The third-order valence-electron chi connectivity index (χ3n) is 16.4. The zero-order valence-corrected chi connectivity index (χ0v) is 49.6. The van der Waals surface area contributed by atoms with Crippen LogP contribution in [-0.4, -0.2) is 191 Å². The van der Waals surface area contributed by atoms with Crippen LogP contribution in [0.2, 0.25) is 0 Å². The summed E-state index contributed by atoms with van der Waals surface area (Å²) in [6.07, 6.45) is -8.19. The SMILES string of the molecule is CC[C@@]1(O)C(=O)OCc2c1cc1n(c2=O)Cc2c-1nc1cc3c(c4c1c2[C@@H](NC(=O)C(C)(C)COCNC(=O)CNC(=O)[C@H](Cc1ccccc1)NC(=O)CNC(=O)CNC(=O)[C@H](CCC(=O)NC[C@@H]1O[C@H](CO)[C@@H](O)[C@H](O)[C@H]1O)NC(=O)OC)CC4)OCO3. The van der Waals surface area contributed by atoms with Crippen LogP contribution >= 0.6 is 0 Å². The number of rotatable bonds is 25. The molecule has 0 saturated carbocycles. The lowest BCUT2D eigenvalue weighted by Gasteiger charge is -2.40. The van der Waals surface area contributed by atoms with E-state index in [4.69, 9.17) is 28.7 Å². The maximum Gasteiger partial charge on any atom is 0.407 e. The smallest absolute Gasteiger partial charge is 0.407 e. The van der Waals surface area contributed by atoms with Crippen LogP contribution in [0.5, 0.6) is 11.5 Å². The second-order valence-corrected chi connectivity index (χ2v) is 22.9. The number of esters is 1. The van der Waals surface area contributed by atoms with Crippen molar-refractivity contribution in [2.45, 2.75) is 127 Å². The van der Waals surface area contributed by atoms with Crippen LogP contribution in [0.3, 0.4) is 0 Å². The summed E-state index contributed by atoms with van der Waals surface area (Å²) in [5.74, 6) is -4.90. The van der Waals surface area contributed by atoms with E-state index >= 15 is 0 Å². The number of hydrogen-bond acceptors (Lipinski definition) is 22. The van der Waals surface area contributed by atoms with Crippen molar-refractivity contribution < 1.29 is 97.1 Å². The van der Waals surface area contributed by atoms with Gasteiger partial charge in [-0.25, -0.2) is 14.6 Å². The summed E-state index contributed by atoms with van der Waals surface area (Å²) in [4.78, 5) is 137. The molecule has 90 heavy (non-hydrogen) atoms. The average Bonchev–Trinajstić information content (AvgIpc) is 1.49. The molecule has 0 unspecified atom stereocenters. The highest BCUT2D eigenvalue weighted by molar-refractivity contribution is 5.97. The molecule has 13 N–H and O–H groups in total. The van der Waals surface area contributed by atoms with Gasteiger partial charge in [0, 0.05) is 47.5 Å². The van der Waals surface area contributed by atoms with Crippen LogP contribution in [-0.2, 0) is 88.9 Å². The predicted octanol–water partition coefficient (Wildman–Crippen LogP) is -3.43. The quantitative estimate of drug-likeness (QED) is 0.0154. The van der Waals surface area contributed by atoms with Crippen molar-refractivity contribution in [3.05, 3.63) is 86.2 Å². The number of aliphatic hydroxyl groups is 5. The van der Waals surface area contributed by atoms with Gasteiger partial charge in [-0.1, -0.05) is 37.3 Å². The first-order valence-corrected chi connectivity index (χ1v) is 29.1. The molecule has 5 aliphatic rings. The Morgan fingerprint density at radius 3 is 2.22 bits per heavy atom. The Kier molecular flexibility index (Phi) is 20.3. The van der Waals surface area contributed by atoms with Gasteiger partial charge in [0.1, 0.15) is 55.9 Å². The van der Waals surface area contributed by atoms with Crippen molar-refractivity contribution in [3.63, 3.8) is 0 Å². The lowest BCUT2D eigenvalue weighted by molar-refractivity contribution is -0.227. The number of amides is 8. The number of nitrogens with one attached hydrogen (secondary N) is 8. The van der Waals surface area contributed by atoms with E-state index in [1.807, 2.05) is 0 Å². The molecule has 1 saturated heterocycles. The standard InChI is InChI=1S/C59H72N10O21/c1-5-59(84)32-16-37-47-30(22-69(37)54(80)31(32)24-87-56(59)82)46-33(12-11-29-45(46)35(66-47)17-38-51(29)89-27-88-38)67-55(81)58(2,3)25-86-26-64-43(73)20-63-53(79)36(15-28-9-7-6-8-10-28)65-44(74)21-61-42(72)19-62-52(78)34(68-57(83)85-4)13-14-41(71)60-18-39-48(75)50(77)49(76)40(23-70)90-39/h6-10,16-17,33-34,36,39-40,48-50,70,75-77,84H,5,11-15,18-27H2,1-4H3,(H,60,71)(H,61,72)(H,62,78)(H,63,79)(H,64,73)(H,65,74)(H,67,81)(H,68,83)/t33-,34-,36-,39-,40+,48-,49+,50+,59-/m0/s1. The number of hydrogen-bond donors (Lipinski definition) is 13. The molecule has 31 nitrogen and oxygen atoms in total. The van der Waals surface area contributed by atoms with E-state index in [1.54, 1.807) is 63.2 Å². The first kappa shape index (κ1) is 65.6. The van der Waals surface area contributed by atoms with Crippen LogP contribution in [0.15, 0.2) is 47.3 Å². The molecule has 0 radical (unpaired) electrons. The predicted molar refractivity (Wildman–Crippen MR) is 309 cm³/mol. The highest BCUT2D eigenvalue weighted by atomic mass is 16.7. The summed E-state index contributed by atoms with van der Waals surface area (Å²) in [6, 6.07) is 8.72. The van der Waals surface area contributed by atoms with Gasteiger partial charge >= 0.3 is 12.1 Å². The van der Waals surface area contributed by atoms with Gasteiger partial charge in [0.15, 0.2) is 17.1 Å². The van der Waals surface area contributed by atoms with Gasteiger partial charge in [-0.15, -0.1) is 0 Å². The number of aliphatic hydroxyl groups excluding tert-OH is 4. The van der Waals surface area contributed by atoms with Gasteiger partial charge in [0.25, 0.3) is 5.56 Å². The van der Waals surface area contributed by atoms with Crippen LogP contribution < -0.4 is 57.6 Å². The summed E-state index contributed by atoms with van der Waals surface area (Å²) in [5, 5.41) is 72.0. The maximum atomic E-state index is 14.3. The minimum atomic E-state index is -2.04. The second kappa shape index (κ2) is 27.9. The Morgan fingerprint density at radius 2 is 1.51 bits per heavy atom. The minimum absolute atomic E-state index is 0.00797. The molecule has 1 fully saturated rings. The highest BCUT2D eigenvalue weighted by Crippen LogP contribution is 2.50. The number of fused-ring (bicyclic) bond motifs is 7. The number of aromatic nitrogens is 2. The number of nitrogens with zero attached hydrogens (tertiary/aromatic N) is 2. The molecule has 2 aromatic heterocycles. The fourth-order valence-corrected chi connectivity index (χ4v) is 11.4. The third-order valence-corrected chi connectivity index (χ3v) is 16.4. The highest BCUT2D eigenvalue weighted by Gasteiger charge is 2.47. The molecule has 0 spiro atoms. The van der Waals surface area contributed by atoms with Gasteiger partial charge in [-0.3, -0.25) is 38.4 Å². The van der Waals surface area contributed by atoms with Crippen LogP contribution in [0.25, 0.3) is 22.3 Å². The first-order valence-electron chi connectivity index (χ1n) is 29.1. The molecule has 1 aliphatic carbocycles. The average molecular weight is 1260 g/mol. The molecule has 31 heteroatoms. The molecule has 484 valence electrons. The molecule has 0 bridgehead atoms. The Morgan fingerprint density at radius 1 is 0.811 bits per heavy atom. The number of alkyl carbamates (subject to hydrolysis) is 1. The van der Waals surface area contributed by atoms with E-state index in [-0.39, 0.29) is 76.6 Å². The summed E-state index contributed by atoms with van der Waals surface area (Å²) in [6.45, 7) is 1.24. The Labute approximate surface area is 513 Å². The monoisotopic (exact) mass is 1260 g/mol. The number of ether oxygens (including phenoxy) is 6. The molecule has 2 aromatic carbocycles. The van der Waals surface area contributed by atoms with E-state index in [2.05, 4.69) is 47.3 Å². The van der Waals surface area contributed by atoms with Crippen molar-refractivity contribution >= 4 is 64.3 Å². The number of methoxy groups -OCH3 is 1. The van der Waals surface area contributed by atoms with Gasteiger partial charge in [-0.2, -0.15) is 0 Å². The molecular formula is C59H72N10O21. The maximum absolute atomic E-state index is 14.3. The van der Waals surface area contributed by atoms with E-state index in [9.17, 15) is 73.5 Å². The van der Waals surface area contributed by atoms with Gasteiger partial charge in [0.05, 0.1) is 80.4 Å². The summed E-state index contributed by atoms with van der Waals surface area (Å²) in [7, 11) is 1.03. The third kappa shape index (κ3) is 14.1.